The number of benzene rings is 3. The lowest BCUT2D eigenvalue weighted by atomic mass is 10.0. The lowest BCUT2D eigenvalue weighted by molar-refractivity contribution is -0.132. The van der Waals surface area contributed by atoms with Gasteiger partial charge < -0.3 is 30.8 Å². The Kier molecular flexibility index (Phi) is 8.24. The second-order valence-corrected chi connectivity index (χ2v) is 9.51. The Hall–Kier alpha value is -5.84. The molecule has 11 nitrogen and oxygen atoms in total. The first-order valence-corrected chi connectivity index (χ1v) is 13.3. The summed E-state index contributed by atoms with van der Waals surface area (Å²) < 4.78 is 10.9. The van der Waals surface area contributed by atoms with E-state index in [4.69, 9.17) is 24.9 Å². The van der Waals surface area contributed by atoms with Crippen molar-refractivity contribution in [1.29, 1.82) is 5.41 Å². The van der Waals surface area contributed by atoms with Gasteiger partial charge in [0.25, 0.3) is 5.91 Å². The van der Waals surface area contributed by atoms with E-state index in [1.165, 1.54) is 26.4 Å². The van der Waals surface area contributed by atoms with Gasteiger partial charge in [-0.3, -0.25) is 14.6 Å². The van der Waals surface area contributed by atoms with E-state index in [0.29, 0.717) is 45.1 Å². The van der Waals surface area contributed by atoms with Gasteiger partial charge in [0.15, 0.2) is 17.3 Å². The molecule has 43 heavy (non-hydrogen) atoms. The van der Waals surface area contributed by atoms with Gasteiger partial charge in [-0.05, 0) is 55.0 Å². The second-order valence-electron chi connectivity index (χ2n) is 9.51. The Bertz CT molecular complexity index is 1860. The first kappa shape index (κ1) is 28.7. The minimum atomic E-state index is -0.496. The Morgan fingerprint density at radius 3 is 2.49 bits per heavy atom. The molecule has 0 atom stereocenters. The van der Waals surface area contributed by atoms with Crippen molar-refractivity contribution >= 4 is 51.9 Å². The fourth-order valence-corrected chi connectivity index (χ4v) is 4.59. The molecule has 0 spiro atoms. The number of amides is 1. The number of hydrogen-bond acceptors (Lipinski definition) is 10. The van der Waals surface area contributed by atoms with Crippen LogP contribution in [0.4, 0.5) is 22.9 Å². The lowest BCUT2D eigenvalue weighted by Crippen LogP contribution is -2.12. The number of ether oxygens (including phenoxy) is 2. The summed E-state index contributed by atoms with van der Waals surface area (Å²) in [5.74, 6) is 0.589. The van der Waals surface area contributed by atoms with E-state index in [0.717, 1.165) is 22.5 Å². The number of methoxy groups -OCH3 is 1. The molecule has 5 rings (SSSR count). The number of hydrogen-bond donors (Lipinski definition) is 4. The number of fused-ring (bicyclic) bond motifs is 1. The zero-order valence-electron chi connectivity index (χ0n) is 24.0. The van der Waals surface area contributed by atoms with Gasteiger partial charge in [0.1, 0.15) is 5.82 Å². The predicted octanol–water partition coefficient (Wildman–Crippen LogP) is 5.97. The van der Waals surface area contributed by atoms with Gasteiger partial charge in [0.2, 0.25) is 0 Å². The van der Waals surface area contributed by atoms with Crippen molar-refractivity contribution in [2.24, 2.45) is 0 Å². The number of nitrogens with one attached hydrogen (secondary N) is 4. The molecule has 0 radical (unpaired) electrons. The number of carbonyl (C=O) groups excluding carboxylic acids is 2. The molecule has 0 fully saturated rings. The quantitative estimate of drug-likeness (QED) is 0.0946. The maximum Gasteiger partial charge on any atom is 0.308 e. The van der Waals surface area contributed by atoms with Crippen molar-refractivity contribution in [3.8, 4) is 22.9 Å². The first-order chi connectivity index (χ1) is 20.8. The number of pyridine rings is 1. The minimum absolute atomic E-state index is 0.226. The third-order valence-corrected chi connectivity index (χ3v) is 6.72. The van der Waals surface area contributed by atoms with Crippen LogP contribution in [0.1, 0.15) is 28.4 Å². The fraction of sp³-hybridized carbons (Fsp3) is 0.125. The van der Waals surface area contributed by atoms with E-state index in [1.54, 1.807) is 55.7 Å². The van der Waals surface area contributed by atoms with Crippen LogP contribution in [-0.4, -0.2) is 47.2 Å². The lowest BCUT2D eigenvalue weighted by Gasteiger charge is -2.17. The Labute approximate surface area is 247 Å². The normalized spacial score (nSPS) is 10.6. The van der Waals surface area contributed by atoms with Gasteiger partial charge in [0, 0.05) is 72.2 Å². The van der Waals surface area contributed by atoms with Crippen LogP contribution in [0.25, 0.3) is 22.3 Å². The maximum absolute atomic E-state index is 12.7. The number of anilines is 4. The topological polar surface area (TPSA) is 151 Å². The predicted molar refractivity (Wildman–Crippen MR) is 167 cm³/mol. The van der Waals surface area contributed by atoms with Gasteiger partial charge in [-0.2, -0.15) is 0 Å². The number of nitrogens with zero attached hydrogens (tertiary/aromatic N) is 3. The highest BCUT2D eigenvalue weighted by atomic mass is 16.6. The molecule has 1 amide bonds. The summed E-state index contributed by atoms with van der Waals surface area (Å²) in [6, 6.07) is 17.7. The third-order valence-electron chi connectivity index (χ3n) is 6.72. The summed E-state index contributed by atoms with van der Waals surface area (Å²) in [5, 5.41) is 17.9. The van der Waals surface area contributed by atoms with Crippen LogP contribution in [0, 0.1) is 12.3 Å². The summed E-state index contributed by atoms with van der Waals surface area (Å²) in [6.45, 7) is 3.23. The zero-order chi connectivity index (χ0) is 30.5. The molecule has 0 aliphatic heterocycles. The average molecular weight is 576 g/mol. The number of carbonyl (C=O) groups is 2. The maximum atomic E-state index is 12.7. The van der Waals surface area contributed by atoms with Crippen molar-refractivity contribution in [3.63, 3.8) is 0 Å². The molecule has 0 unspecified atom stereocenters. The second kappa shape index (κ2) is 12.4. The molecule has 3 aromatic carbocycles. The molecule has 4 N–H and O–H groups in total. The van der Waals surface area contributed by atoms with Gasteiger partial charge in [-0.25, -0.2) is 9.97 Å². The van der Waals surface area contributed by atoms with E-state index < -0.39 is 5.97 Å². The van der Waals surface area contributed by atoms with Crippen LogP contribution >= 0.6 is 0 Å². The number of rotatable bonds is 9. The largest absolute Gasteiger partial charge is 0.493 e. The highest BCUT2D eigenvalue weighted by Gasteiger charge is 2.18. The van der Waals surface area contributed by atoms with Gasteiger partial charge in [-0.15, -0.1) is 0 Å². The van der Waals surface area contributed by atoms with Crippen LogP contribution in [0.3, 0.4) is 0 Å². The van der Waals surface area contributed by atoms with Crippen LogP contribution < -0.4 is 25.4 Å². The van der Waals surface area contributed by atoms with Gasteiger partial charge in [-0.1, -0.05) is 12.1 Å². The summed E-state index contributed by atoms with van der Waals surface area (Å²) in [7, 11) is 3.28. The van der Waals surface area contributed by atoms with Crippen molar-refractivity contribution in [2.45, 2.75) is 13.8 Å². The van der Waals surface area contributed by atoms with E-state index in [-0.39, 0.29) is 11.7 Å². The van der Waals surface area contributed by atoms with Crippen LogP contribution in [-0.2, 0) is 4.79 Å². The molecule has 0 aliphatic carbocycles. The average Bonchev–Trinajstić information content (AvgIpc) is 3.01. The minimum Gasteiger partial charge on any atom is -0.493 e. The van der Waals surface area contributed by atoms with E-state index in [9.17, 15) is 9.59 Å². The standard InChI is InChI=1S/C32H29N7O4/c1-18-24(16-33)26(34-3)11-10-25(18)37-31-23-14-29(43-19(2)40)28(42-4)15-27(23)38-30(39-31)20-7-5-9-22(13-20)36-32(41)21-8-6-12-35-17-21/h5-17,33-34H,1-4H3,(H,36,41)(H,37,38,39). The molecule has 216 valence electrons. The summed E-state index contributed by atoms with van der Waals surface area (Å²) in [4.78, 5) is 38.2. The molecule has 2 aromatic heterocycles. The smallest absolute Gasteiger partial charge is 0.308 e. The Balaban J connectivity index is 1.63. The third kappa shape index (κ3) is 6.10. The van der Waals surface area contributed by atoms with Crippen LogP contribution in [0.2, 0.25) is 0 Å². The highest BCUT2D eigenvalue weighted by molar-refractivity contribution is 6.04. The molecule has 0 saturated heterocycles. The van der Waals surface area contributed by atoms with E-state index in [1.807, 2.05) is 25.1 Å². The molecule has 2 heterocycles. The number of esters is 1. The van der Waals surface area contributed by atoms with Crippen LogP contribution in [0.15, 0.2) is 73.1 Å². The summed E-state index contributed by atoms with van der Waals surface area (Å²) in [6.07, 6.45) is 4.40. The van der Waals surface area contributed by atoms with Gasteiger partial charge in [0.05, 0.1) is 18.2 Å². The van der Waals surface area contributed by atoms with E-state index in [2.05, 4.69) is 20.9 Å². The molecule has 5 aromatic rings. The molecule has 0 saturated carbocycles. The summed E-state index contributed by atoms with van der Waals surface area (Å²) in [5.41, 5.74) is 5.28. The molecule has 11 heteroatoms. The molecular weight excluding hydrogens is 546 g/mol. The highest BCUT2D eigenvalue weighted by Crippen LogP contribution is 2.37. The fourth-order valence-electron chi connectivity index (χ4n) is 4.59. The van der Waals surface area contributed by atoms with Crippen molar-refractivity contribution in [2.75, 3.05) is 30.1 Å². The zero-order valence-corrected chi connectivity index (χ0v) is 24.0. The van der Waals surface area contributed by atoms with Crippen LogP contribution in [0.5, 0.6) is 11.5 Å². The van der Waals surface area contributed by atoms with Crippen molar-refractivity contribution < 1.29 is 19.1 Å². The number of aromatic nitrogens is 3. The first-order valence-electron chi connectivity index (χ1n) is 13.3. The van der Waals surface area contributed by atoms with E-state index >= 15 is 0 Å². The van der Waals surface area contributed by atoms with Crippen molar-refractivity contribution in [1.82, 2.24) is 15.0 Å². The molecular formula is C32H29N7O4. The Morgan fingerprint density at radius 2 is 1.79 bits per heavy atom. The van der Waals surface area contributed by atoms with Crippen molar-refractivity contribution in [3.05, 3.63) is 89.7 Å². The van der Waals surface area contributed by atoms with Gasteiger partial charge >= 0.3 is 5.97 Å². The SMILES string of the molecule is CNc1ccc(Nc2nc(-c3cccc(NC(=O)c4cccnc4)c3)nc3cc(OC)c(OC(C)=O)cc23)c(C)c1C=N. The monoisotopic (exact) mass is 575 g/mol. The molecule has 0 bridgehead atoms. The summed E-state index contributed by atoms with van der Waals surface area (Å²) >= 11 is 0. The Morgan fingerprint density at radius 1 is 0.977 bits per heavy atom. The molecule has 0 aliphatic rings.